The van der Waals surface area contributed by atoms with E-state index in [2.05, 4.69) is 42.2 Å². The highest BCUT2D eigenvalue weighted by atomic mass is 35.5. The van der Waals surface area contributed by atoms with E-state index >= 15 is 0 Å². The first-order valence-electron chi connectivity index (χ1n) is 12.9. The zero-order chi connectivity index (χ0) is 28.5. The standard InChI is InChI=1S/C26H36ClF6N3O2/c1-5-11-34(6-2)20-8-7-19(27)14-18(20)15-36-17-24(16-23(36,3)4)9-12-35(13-10-24)22(37)38-21(25(28,29)30)26(31,32)33/h7-8,14,21H,5-6,9-13,15-17H2,1-4H3. The predicted molar refractivity (Wildman–Crippen MR) is 134 cm³/mol. The van der Waals surface area contributed by atoms with Gasteiger partial charge in [0.2, 0.25) is 0 Å². The Kier molecular flexibility index (Phi) is 9.13. The molecule has 0 aliphatic carbocycles. The van der Waals surface area contributed by atoms with Gasteiger partial charge in [-0.3, -0.25) is 4.90 Å². The van der Waals surface area contributed by atoms with Gasteiger partial charge in [0.1, 0.15) is 0 Å². The minimum absolute atomic E-state index is 0.0354. The van der Waals surface area contributed by atoms with E-state index in [1.165, 1.54) is 0 Å². The van der Waals surface area contributed by atoms with Gasteiger partial charge in [-0.25, -0.2) is 4.79 Å². The molecule has 5 nitrogen and oxygen atoms in total. The maximum atomic E-state index is 12.8. The van der Waals surface area contributed by atoms with E-state index in [1.807, 2.05) is 18.2 Å². The maximum absolute atomic E-state index is 12.8. The van der Waals surface area contributed by atoms with Gasteiger partial charge in [0.25, 0.3) is 6.10 Å². The number of nitrogens with zero attached hydrogens (tertiary/aromatic N) is 3. The fourth-order valence-corrected chi connectivity index (χ4v) is 6.08. The van der Waals surface area contributed by atoms with E-state index in [9.17, 15) is 31.1 Å². The van der Waals surface area contributed by atoms with Gasteiger partial charge < -0.3 is 14.5 Å². The molecular formula is C26H36ClF6N3O2. The summed E-state index contributed by atoms with van der Waals surface area (Å²) in [6.45, 7) is 11.7. The Balaban J connectivity index is 1.70. The van der Waals surface area contributed by atoms with Crippen molar-refractivity contribution in [2.24, 2.45) is 5.41 Å². The average molecular weight is 572 g/mol. The Morgan fingerprint density at radius 1 is 1.11 bits per heavy atom. The van der Waals surface area contributed by atoms with E-state index < -0.39 is 24.5 Å². The van der Waals surface area contributed by atoms with Crippen molar-refractivity contribution in [2.75, 3.05) is 37.6 Å². The third kappa shape index (κ3) is 7.00. The SMILES string of the molecule is CCCN(CC)c1ccc(Cl)cc1CN1CC2(CCN(C(=O)OC(C(F)(F)F)C(F)(F)F)CC2)CC1(C)C. The highest BCUT2D eigenvalue weighted by Crippen LogP contribution is 2.49. The number of hydrogen-bond acceptors (Lipinski definition) is 4. The molecule has 0 aromatic heterocycles. The van der Waals surface area contributed by atoms with Crippen LogP contribution in [0.15, 0.2) is 18.2 Å². The second-order valence-corrected chi connectivity index (χ2v) is 11.5. The van der Waals surface area contributed by atoms with Crippen molar-refractivity contribution in [3.05, 3.63) is 28.8 Å². The largest absolute Gasteiger partial charge is 0.434 e. The summed E-state index contributed by atoms with van der Waals surface area (Å²) in [6, 6.07) is 5.90. The molecule has 0 unspecified atom stereocenters. The summed E-state index contributed by atoms with van der Waals surface area (Å²) >= 11 is 6.35. The highest BCUT2D eigenvalue weighted by Gasteiger charge is 2.60. The first-order valence-corrected chi connectivity index (χ1v) is 13.3. The number of piperidine rings is 1. The lowest BCUT2D eigenvalue weighted by molar-refractivity contribution is -0.308. The third-order valence-corrected chi connectivity index (χ3v) is 7.94. The molecule has 2 saturated heterocycles. The zero-order valence-electron chi connectivity index (χ0n) is 22.2. The number of carbonyl (C=O) groups is 1. The molecule has 0 saturated carbocycles. The van der Waals surface area contributed by atoms with E-state index in [0.29, 0.717) is 31.0 Å². The number of carbonyl (C=O) groups excluding carboxylic acids is 1. The quantitative estimate of drug-likeness (QED) is 0.322. The van der Waals surface area contributed by atoms with Gasteiger partial charge in [-0.2, -0.15) is 26.3 Å². The summed E-state index contributed by atoms with van der Waals surface area (Å²) in [6.07, 6.45) is -14.5. The van der Waals surface area contributed by atoms with Crippen molar-refractivity contribution < 1.29 is 35.9 Å². The van der Waals surface area contributed by atoms with Crippen molar-refractivity contribution in [3.8, 4) is 0 Å². The van der Waals surface area contributed by atoms with Crippen LogP contribution in [-0.4, -0.2) is 72.6 Å². The van der Waals surface area contributed by atoms with Crippen LogP contribution >= 0.6 is 11.6 Å². The summed E-state index contributed by atoms with van der Waals surface area (Å²) in [5, 5.41) is 0.644. The molecule has 2 heterocycles. The molecule has 1 aromatic rings. The maximum Gasteiger partial charge on any atom is 0.434 e. The third-order valence-electron chi connectivity index (χ3n) is 7.70. The number of rotatable bonds is 7. The lowest BCUT2D eigenvalue weighted by atomic mass is 9.74. The second kappa shape index (κ2) is 11.3. The molecule has 1 amide bonds. The molecule has 0 bridgehead atoms. The van der Waals surface area contributed by atoms with Crippen LogP contribution in [0.4, 0.5) is 36.8 Å². The molecule has 0 radical (unpaired) electrons. The van der Waals surface area contributed by atoms with Crippen LogP contribution in [-0.2, 0) is 11.3 Å². The number of benzene rings is 1. The van der Waals surface area contributed by atoms with E-state index in [-0.39, 0.29) is 24.0 Å². The molecule has 38 heavy (non-hydrogen) atoms. The molecule has 12 heteroatoms. The Hall–Kier alpha value is -1.88. The van der Waals surface area contributed by atoms with Crippen LogP contribution in [0.2, 0.25) is 5.02 Å². The number of anilines is 1. The predicted octanol–water partition coefficient (Wildman–Crippen LogP) is 7.27. The van der Waals surface area contributed by atoms with Gasteiger partial charge in [-0.05, 0) is 75.6 Å². The first-order chi connectivity index (χ1) is 17.5. The van der Waals surface area contributed by atoms with Crippen molar-refractivity contribution in [1.82, 2.24) is 9.80 Å². The first kappa shape index (κ1) is 30.7. The van der Waals surface area contributed by atoms with Crippen LogP contribution in [0.3, 0.4) is 0 Å². The van der Waals surface area contributed by atoms with Gasteiger partial charge in [-0.1, -0.05) is 18.5 Å². The monoisotopic (exact) mass is 571 g/mol. The van der Waals surface area contributed by atoms with Crippen LogP contribution in [0.25, 0.3) is 0 Å². The lowest BCUT2D eigenvalue weighted by Gasteiger charge is -2.39. The second-order valence-electron chi connectivity index (χ2n) is 11.0. The number of ether oxygens (including phenoxy) is 1. The molecule has 0 atom stereocenters. The molecule has 1 spiro atoms. The molecule has 2 fully saturated rings. The number of hydrogen-bond donors (Lipinski definition) is 0. The van der Waals surface area contributed by atoms with Gasteiger partial charge in [-0.15, -0.1) is 0 Å². The number of halogens is 7. The van der Waals surface area contributed by atoms with E-state index in [4.69, 9.17) is 11.6 Å². The lowest BCUT2D eigenvalue weighted by Crippen LogP contribution is -2.50. The van der Waals surface area contributed by atoms with Crippen molar-refractivity contribution in [1.29, 1.82) is 0 Å². The molecule has 2 aliphatic rings. The van der Waals surface area contributed by atoms with Gasteiger partial charge >= 0.3 is 18.4 Å². The smallest absolute Gasteiger partial charge is 0.426 e. The summed E-state index contributed by atoms with van der Waals surface area (Å²) in [5.41, 5.74) is 1.81. The number of alkyl halides is 6. The molecular weight excluding hydrogens is 536 g/mol. The van der Waals surface area contributed by atoms with Gasteiger partial charge in [0.05, 0.1) is 0 Å². The number of amides is 1. The Bertz CT molecular complexity index is 963. The summed E-state index contributed by atoms with van der Waals surface area (Å²) < 4.78 is 80.9. The fourth-order valence-electron chi connectivity index (χ4n) is 5.88. The topological polar surface area (TPSA) is 36.0 Å². The van der Waals surface area contributed by atoms with Gasteiger partial charge in [0.15, 0.2) is 0 Å². The van der Waals surface area contributed by atoms with Crippen LogP contribution < -0.4 is 4.90 Å². The average Bonchev–Trinajstić information content (AvgIpc) is 3.03. The summed E-state index contributed by atoms with van der Waals surface area (Å²) in [4.78, 5) is 17.8. The van der Waals surface area contributed by atoms with Crippen LogP contribution in [0, 0.1) is 5.41 Å². The molecule has 1 aromatic carbocycles. The highest BCUT2D eigenvalue weighted by molar-refractivity contribution is 6.30. The van der Waals surface area contributed by atoms with Crippen molar-refractivity contribution >= 4 is 23.4 Å². The van der Waals surface area contributed by atoms with Crippen LogP contribution in [0.5, 0.6) is 0 Å². The fraction of sp³-hybridized carbons (Fsp3) is 0.731. The Morgan fingerprint density at radius 2 is 1.71 bits per heavy atom. The number of likely N-dealkylation sites (tertiary alicyclic amines) is 2. The van der Waals surface area contributed by atoms with Crippen LogP contribution in [0.1, 0.15) is 58.9 Å². The normalized spacial score (nSPS) is 19.8. The minimum atomic E-state index is -5.73. The Labute approximate surface area is 225 Å². The molecule has 216 valence electrons. The Morgan fingerprint density at radius 3 is 2.24 bits per heavy atom. The van der Waals surface area contributed by atoms with E-state index in [0.717, 1.165) is 42.1 Å². The van der Waals surface area contributed by atoms with E-state index in [1.54, 1.807) is 0 Å². The molecule has 2 aliphatic heterocycles. The van der Waals surface area contributed by atoms with Crippen molar-refractivity contribution in [2.45, 2.75) is 83.9 Å². The molecule has 3 rings (SSSR count). The summed E-state index contributed by atoms with van der Waals surface area (Å²) in [7, 11) is 0. The van der Waals surface area contributed by atoms with Crippen molar-refractivity contribution in [3.63, 3.8) is 0 Å². The van der Waals surface area contributed by atoms with Gasteiger partial charge in [0, 0.05) is 55.5 Å². The summed E-state index contributed by atoms with van der Waals surface area (Å²) in [5.74, 6) is 0. The molecule has 0 N–H and O–H groups in total. The minimum Gasteiger partial charge on any atom is -0.426 e. The zero-order valence-corrected chi connectivity index (χ0v) is 22.9.